The Kier molecular flexibility index (Phi) is 3.67. The van der Waals surface area contributed by atoms with Crippen LogP contribution < -0.4 is 22.0 Å². The van der Waals surface area contributed by atoms with Gasteiger partial charge in [-0.1, -0.05) is 0 Å². The van der Waals surface area contributed by atoms with E-state index in [9.17, 15) is 9.90 Å². The predicted octanol–water partition coefficient (Wildman–Crippen LogP) is -1.12. The molecule has 0 radical (unpaired) electrons. The summed E-state index contributed by atoms with van der Waals surface area (Å²) >= 11 is 0. The maximum Gasteiger partial charge on any atom is 0.326 e. The SMILES string of the molecule is O=c1[nH]c(O)c(/C=c2\cnn3c(=NC4CC4)nc(NN4CCCC4)nc23)[nH]1. The Morgan fingerprint density at radius 2 is 2.07 bits per heavy atom. The van der Waals surface area contributed by atoms with Crippen molar-refractivity contribution < 1.29 is 5.11 Å². The number of hydrogen-bond donors (Lipinski definition) is 4. The minimum atomic E-state index is -0.481. The van der Waals surface area contributed by atoms with Crippen LogP contribution in [0.25, 0.3) is 11.7 Å². The lowest BCUT2D eigenvalue weighted by Crippen LogP contribution is -2.31. The highest BCUT2D eigenvalue weighted by Crippen LogP contribution is 2.22. The van der Waals surface area contributed by atoms with Crippen molar-refractivity contribution in [2.75, 3.05) is 18.5 Å². The van der Waals surface area contributed by atoms with Crippen LogP contribution in [0.4, 0.5) is 5.95 Å². The summed E-state index contributed by atoms with van der Waals surface area (Å²) in [7, 11) is 0. The summed E-state index contributed by atoms with van der Waals surface area (Å²) in [6.07, 6.45) is 7.61. The van der Waals surface area contributed by atoms with Crippen LogP contribution >= 0.6 is 0 Å². The lowest BCUT2D eigenvalue weighted by atomic mass is 10.3. The summed E-state index contributed by atoms with van der Waals surface area (Å²) in [4.78, 5) is 29.9. The van der Waals surface area contributed by atoms with Gasteiger partial charge in [-0.2, -0.15) is 19.6 Å². The van der Waals surface area contributed by atoms with Crippen molar-refractivity contribution in [3.63, 3.8) is 0 Å². The van der Waals surface area contributed by atoms with E-state index in [4.69, 9.17) is 0 Å². The Morgan fingerprint density at radius 1 is 1.26 bits per heavy atom. The fourth-order valence-corrected chi connectivity index (χ4v) is 3.10. The quantitative estimate of drug-likeness (QED) is 0.457. The average Bonchev–Trinajstić information content (AvgIpc) is 3.01. The van der Waals surface area contributed by atoms with Crippen molar-refractivity contribution in [1.29, 1.82) is 0 Å². The minimum Gasteiger partial charge on any atom is -0.493 e. The third-order valence-electron chi connectivity index (χ3n) is 4.62. The highest BCUT2D eigenvalue weighted by Gasteiger charge is 2.21. The summed E-state index contributed by atoms with van der Waals surface area (Å²) in [5.74, 6) is 0.234. The van der Waals surface area contributed by atoms with E-state index in [2.05, 4.69) is 40.5 Å². The van der Waals surface area contributed by atoms with E-state index >= 15 is 0 Å². The number of H-pyrrole nitrogens is 2. The van der Waals surface area contributed by atoms with Gasteiger partial charge in [0.15, 0.2) is 5.65 Å². The minimum absolute atomic E-state index is 0.230. The molecule has 2 aliphatic rings. The van der Waals surface area contributed by atoms with Gasteiger partial charge in [0.05, 0.1) is 12.2 Å². The van der Waals surface area contributed by atoms with Gasteiger partial charge in [0, 0.05) is 18.3 Å². The molecule has 140 valence electrons. The Balaban J connectivity index is 1.66. The van der Waals surface area contributed by atoms with Gasteiger partial charge >= 0.3 is 5.69 Å². The maximum absolute atomic E-state index is 11.4. The molecule has 11 heteroatoms. The van der Waals surface area contributed by atoms with E-state index in [1.165, 1.54) is 0 Å². The first-order valence-electron chi connectivity index (χ1n) is 9.00. The molecule has 5 rings (SSSR count). The summed E-state index contributed by atoms with van der Waals surface area (Å²) in [6, 6.07) is 0.282. The number of aromatic hydroxyl groups is 1. The smallest absolute Gasteiger partial charge is 0.326 e. The molecule has 0 atom stereocenters. The van der Waals surface area contributed by atoms with Gasteiger partial charge < -0.3 is 10.1 Å². The van der Waals surface area contributed by atoms with Crippen molar-refractivity contribution in [2.24, 2.45) is 4.99 Å². The summed E-state index contributed by atoms with van der Waals surface area (Å²) < 4.78 is 1.58. The van der Waals surface area contributed by atoms with Crippen molar-refractivity contribution >= 4 is 17.7 Å². The second-order valence-electron chi connectivity index (χ2n) is 6.83. The van der Waals surface area contributed by atoms with Crippen LogP contribution in [0.15, 0.2) is 16.0 Å². The van der Waals surface area contributed by atoms with Gasteiger partial charge in [0.25, 0.3) is 5.62 Å². The molecule has 1 aliphatic carbocycles. The zero-order valence-electron chi connectivity index (χ0n) is 14.5. The number of anilines is 1. The van der Waals surface area contributed by atoms with E-state index in [1.807, 2.05) is 0 Å². The number of aromatic nitrogens is 6. The lowest BCUT2D eigenvalue weighted by Gasteiger charge is -2.15. The molecule has 0 aromatic carbocycles. The first-order valence-corrected chi connectivity index (χ1v) is 9.00. The molecule has 11 nitrogen and oxygen atoms in total. The molecule has 0 unspecified atom stereocenters. The Labute approximate surface area is 152 Å². The highest BCUT2D eigenvalue weighted by atomic mass is 16.3. The number of rotatable bonds is 4. The van der Waals surface area contributed by atoms with Crippen molar-refractivity contribution in [1.82, 2.24) is 34.6 Å². The molecule has 27 heavy (non-hydrogen) atoms. The van der Waals surface area contributed by atoms with Crippen LogP contribution in [-0.2, 0) is 0 Å². The van der Waals surface area contributed by atoms with Crippen LogP contribution in [0, 0.1) is 0 Å². The number of aromatic amines is 2. The van der Waals surface area contributed by atoms with E-state index < -0.39 is 5.69 Å². The highest BCUT2D eigenvalue weighted by molar-refractivity contribution is 5.57. The van der Waals surface area contributed by atoms with Crippen LogP contribution in [0.5, 0.6) is 5.88 Å². The second kappa shape index (κ2) is 6.20. The van der Waals surface area contributed by atoms with Crippen molar-refractivity contribution in [2.45, 2.75) is 31.7 Å². The average molecular weight is 369 g/mol. The molecular formula is C16H19N9O2. The summed E-state index contributed by atoms with van der Waals surface area (Å²) in [5.41, 5.74) is 4.08. The molecular weight excluding hydrogens is 350 g/mol. The zero-order chi connectivity index (χ0) is 18.4. The predicted molar refractivity (Wildman–Crippen MR) is 95.7 cm³/mol. The number of imidazole rings is 1. The van der Waals surface area contributed by atoms with Gasteiger partial charge in [-0.25, -0.2) is 14.8 Å². The molecule has 1 aliphatic heterocycles. The first-order chi connectivity index (χ1) is 13.2. The van der Waals surface area contributed by atoms with Crippen LogP contribution in [0.2, 0.25) is 0 Å². The standard InChI is InChI=1S/C16H19N9O2/c26-13-11(19-16(27)21-13)7-9-8-17-25-12(9)20-14(23-24-5-1-2-6-24)22-15(25)18-10-3-4-10/h7-8,10,26H,1-6H2,(H,18,22,23)(H2,19,21,27)/b9-7+. The normalized spacial score (nSPS) is 19.4. The monoisotopic (exact) mass is 369 g/mol. The number of nitrogens with one attached hydrogen (secondary N) is 3. The number of hydrogen-bond acceptors (Lipinski definition) is 8. The summed E-state index contributed by atoms with van der Waals surface area (Å²) in [6.45, 7) is 1.89. The molecule has 1 saturated carbocycles. The van der Waals surface area contributed by atoms with Crippen molar-refractivity contribution in [3.05, 3.63) is 33.2 Å². The number of fused-ring (bicyclic) bond motifs is 1. The molecule has 1 saturated heterocycles. The molecule has 0 amide bonds. The van der Waals surface area contributed by atoms with Crippen LogP contribution in [-0.4, -0.2) is 58.8 Å². The molecule has 4 N–H and O–H groups in total. The topological polar surface area (TPSA) is 140 Å². The van der Waals surface area contributed by atoms with Gasteiger partial charge in [-0.15, -0.1) is 0 Å². The number of hydrazine groups is 1. The largest absolute Gasteiger partial charge is 0.493 e. The van der Waals surface area contributed by atoms with E-state index in [-0.39, 0.29) is 17.6 Å². The van der Waals surface area contributed by atoms with E-state index in [1.54, 1.807) is 16.8 Å². The zero-order valence-corrected chi connectivity index (χ0v) is 14.5. The molecule has 0 bridgehead atoms. The Morgan fingerprint density at radius 3 is 2.78 bits per heavy atom. The second-order valence-corrected chi connectivity index (χ2v) is 6.83. The van der Waals surface area contributed by atoms with Gasteiger partial charge in [0.1, 0.15) is 5.69 Å². The fraction of sp³-hybridized carbons (Fsp3) is 0.438. The Hall–Kier alpha value is -3.21. The van der Waals surface area contributed by atoms with Crippen LogP contribution in [0.1, 0.15) is 31.4 Å². The number of nitrogens with zero attached hydrogens (tertiary/aromatic N) is 6. The van der Waals surface area contributed by atoms with Gasteiger partial charge in [-0.3, -0.25) is 10.4 Å². The van der Waals surface area contributed by atoms with Crippen molar-refractivity contribution in [3.8, 4) is 5.88 Å². The summed E-state index contributed by atoms with van der Waals surface area (Å²) in [5, 5.41) is 16.9. The molecule has 2 fully saturated rings. The van der Waals surface area contributed by atoms with Gasteiger partial charge in [-0.05, 0) is 31.8 Å². The first kappa shape index (κ1) is 16.0. The third-order valence-corrected chi connectivity index (χ3v) is 4.62. The maximum atomic E-state index is 11.4. The van der Waals surface area contributed by atoms with E-state index in [0.717, 1.165) is 38.8 Å². The Bertz CT molecular complexity index is 1160. The molecule has 3 aromatic rings. The van der Waals surface area contributed by atoms with Gasteiger partial charge in [0.2, 0.25) is 11.8 Å². The molecule has 0 spiro atoms. The molecule has 3 aromatic heterocycles. The third kappa shape index (κ3) is 3.16. The van der Waals surface area contributed by atoms with Crippen LogP contribution in [0.3, 0.4) is 0 Å². The molecule has 4 heterocycles. The lowest BCUT2D eigenvalue weighted by molar-refractivity contribution is 0.405. The van der Waals surface area contributed by atoms with E-state index in [0.29, 0.717) is 22.4 Å². The fourth-order valence-electron chi connectivity index (χ4n) is 3.10.